The molecule has 3 aliphatic carbocycles. The molecule has 2 fully saturated rings. The molecule has 0 aliphatic heterocycles. The topological polar surface area (TPSA) is 34.1 Å². The number of hydrogen-bond donors (Lipinski definition) is 0. The molecule has 2 saturated carbocycles. The van der Waals surface area contributed by atoms with E-state index < -0.39 is 0 Å². The summed E-state index contributed by atoms with van der Waals surface area (Å²) in [6.07, 6.45) is 7.48. The smallest absolute Gasteiger partial charge is 0.155 e. The summed E-state index contributed by atoms with van der Waals surface area (Å²) >= 11 is 0. The first-order chi connectivity index (χ1) is 9.20. The monoisotopic (exact) mass is 274 g/mol. The molecule has 3 aliphatic rings. The zero-order valence-corrected chi connectivity index (χ0v) is 13.2. The van der Waals surface area contributed by atoms with Gasteiger partial charge in [-0.1, -0.05) is 33.3 Å². The van der Waals surface area contributed by atoms with Gasteiger partial charge in [0, 0.05) is 18.3 Å². The summed E-state index contributed by atoms with van der Waals surface area (Å²) in [5, 5.41) is 0. The van der Waals surface area contributed by atoms with Crippen LogP contribution in [0.4, 0.5) is 0 Å². The second-order valence-corrected chi connectivity index (χ2v) is 8.24. The van der Waals surface area contributed by atoms with Gasteiger partial charge in [-0.25, -0.2) is 0 Å². The Morgan fingerprint density at radius 3 is 2.40 bits per heavy atom. The third-order valence-electron chi connectivity index (χ3n) is 6.71. The molecule has 3 rings (SSSR count). The maximum atomic E-state index is 12.3. The molecule has 0 radical (unpaired) electrons. The number of allylic oxidation sites excluding steroid dienone is 2. The molecule has 0 aromatic heterocycles. The van der Waals surface area contributed by atoms with Gasteiger partial charge in [0.25, 0.3) is 0 Å². The van der Waals surface area contributed by atoms with E-state index in [0.717, 1.165) is 25.7 Å². The number of rotatable bonds is 0. The van der Waals surface area contributed by atoms with Gasteiger partial charge in [-0.2, -0.15) is 0 Å². The highest BCUT2D eigenvalue weighted by atomic mass is 16.1. The van der Waals surface area contributed by atoms with Crippen molar-refractivity contribution in [2.75, 3.05) is 0 Å². The first-order valence-corrected chi connectivity index (χ1v) is 7.99. The van der Waals surface area contributed by atoms with Crippen molar-refractivity contribution in [1.82, 2.24) is 0 Å². The number of ketones is 2. The van der Waals surface area contributed by atoms with E-state index in [-0.39, 0.29) is 22.0 Å². The Morgan fingerprint density at radius 1 is 1.00 bits per heavy atom. The van der Waals surface area contributed by atoms with Gasteiger partial charge in [-0.15, -0.1) is 0 Å². The first-order valence-electron chi connectivity index (χ1n) is 7.99. The van der Waals surface area contributed by atoms with Crippen LogP contribution in [0.1, 0.15) is 66.2 Å². The third kappa shape index (κ3) is 1.69. The standard InChI is InChI=1S/C18H26O2/c1-16(2)13-6-9-17(3)8-5-12(19)11-14(17)18(13,4)10-7-15(16)20/h11,13H,5-10H2,1-4H3/t13-,17+,18-/m0/s1. The van der Waals surface area contributed by atoms with E-state index in [1.807, 2.05) is 6.08 Å². The molecule has 0 spiro atoms. The van der Waals surface area contributed by atoms with E-state index >= 15 is 0 Å². The fourth-order valence-electron chi connectivity index (χ4n) is 5.38. The average Bonchev–Trinajstić information content (AvgIpc) is 2.37. The number of fused-ring (bicyclic) bond motifs is 3. The zero-order valence-electron chi connectivity index (χ0n) is 13.2. The normalized spacial score (nSPS) is 43.6. The number of hydrogen-bond acceptors (Lipinski definition) is 2. The fraction of sp³-hybridized carbons (Fsp3) is 0.778. The molecule has 3 atom stereocenters. The predicted octanol–water partition coefficient (Wildman–Crippen LogP) is 4.09. The first kappa shape index (κ1) is 14.0. The minimum absolute atomic E-state index is 0.0422. The van der Waals surface area contributed by atoms with Crippen LogP contribution in [0.15, 0.2) is 11.6 Å². The SMILES string of the molecule is CC1(C)C(=O)CC[C@]2(C)C3=CC(=O)CC[C@]3(C)CC[C@@H]12. The van der Waals surface area contributed by atoms with Crippen molar-refractivity contribution in [3.05, 3.63) is 11.6 Å². The third-order valence-corrected chi connectivity index (χ3v) is 6.71. The number of carbonyl (C=O) groups is 2. The highest BCUT2D eigenvalue weighted by molar-refractivity contribution is 5.92. The summed E-state index contributed by atoms with van der Waals surface area (Å²) in [5.74, 6) is 1.09. The summed E-state index contributed by atoms with van der Waals surface area (Å²) in [4.78, 5) is 24.3. The van der Waals surface area contributed by atoms with Crippen LogP contribution in [0.25, 0.3) is 0 Å². The Balaban J connectivity index is 2.11. The summed E-state index contributed by atoms with van der Waals surface area (Å²) in [6, 6.07) is 0. The van der Waals surface area contributed by atoms with Crippen LogP contribution in [0, 0.1) is 22.2 Å². The van der Waals surface area contributed by atoms with Gasteiger partial charge in [0.05, 0.1) is 0 Å². The summed E-state index contributed by atoms with van der Waals surface area (Å²) in [6.45, 7) is 8.88. The summed E-state index contributed by atoms with van der Waals surface area (Å²) in [7, 11) is 0. The maximum Gasteiger partial charge on any atom is 0.155 e. The molecule has 110 valence electrons. The lowest BCUT2D eigenvalue weighted by Crippen LogP contribution is -2.54. The Labute approximate surface area is 122 Å². The molecule has 0 saturated heterocycles. The van der Waals surface area contributed by atoms with Crippen molar-refractivity contribution in [2.24, 2.45) is 22.2 Å². The molecule has 0 bridgehead atoms. The van der Waals surface area contributed by atoms with Crippen molar-refractivity contribution in [2.45, 2.75) is 66.2 Å². The second-order valence-electron chi connectivity index (χ2n) is 8.24. The van der Waals surface area contributed by atoms with E-state index in [9.17, 15) is 9.59 Å². The number of Topliss-reactive ketones (excluding diaryl/α,β-unsaturated/α-hetero) is 1. The van der Waals surface area contributed by atoms with Gasteiger partial charge >= 0.3 is 0 Å². The van der Waals surface area contributed by atoms with E-state index in [1.54, 1.807) is 0 Å². The summed E-state index contributed by atoms with van der Waals surface area (Å²) < 4.78 is 0. The van der Waals surface area contributed by atoms with E-state index in [2.05, 4.69) is 27.7 Å². The van der Waals surface area contributed by atoms with Gasteiger partial charge in [-0.05, 0) is 48.5 Å². The maximum absolute atomic E-state index is 12.3. The minimum Gasteiger partial charge on any atom is -0.299 e. The summed E-state index contributed by atoms with van der Waals surface area (Å²) in [5.41, 5.74) is 1.35. The lowest BCUT2D eigenvalue weighted by Gasteiger charge is -2.59. The predicted molar refractivity (Wildman–Crippen MR) is 79.3 cm³/mol. The van der Waals surface area contributed by atoms with Crippen molar-refractivity contribution in [3.8, 4) is 0 Å². The Hall–Kier alpha value is -0.920. The Bertz CT molecular complexity index is 514. The zero-order chi connectivity index (χ0) is 14.8. The molecular weight excluding hydrogens is 248 g/mol. The quantitative estimate of drug-likeness (QED) is 0.667. The molecule has 0 heterocycles. The second kappa shape index (κ2) is 4.05. The molecule has 0 aromatic carbocycles. The largest absolute Gasteiger partial charge is 0.299 e. The Kier molecular flexibility index (Phi) is 2.84. The van der Waals surface area contributed by atoms with Gasteiger partial charge in [-0.3, -0.25) is 9.59 Å². The molecule has 0 N–H and O–H groups in total. The van der Waals surface area contributed by atoms with Crippen LogP contribution < -0.4 is 0 Å². The van der Waals surface area contributed by atoms with E-state index in [4.69, 9.17) is 0 Å². The van der Waals surface area contributed by atoms with Crippen LogP contribution in [-0.4, -0.2) is 11.6 Å². The van der Waals surface area contributed by atoms with Crippen molar-refractivity contribution in [1.29, 1.82) is 0 Å². The van der Waals surface area contributed by atoms with Crippen molar-refractivity contribution < 1.29 is 9.59 Å². The highest BCUT2D eigenvalue weighted by Gasteiger charge is 2.58. The molecule has 2 heteroatoms. The lowest BCUT2D eigenvalue weighted by atomic mass is 9.44. The van der Waals surface area contributed by atoms with Crippen molar-refractivity contribution in [3.63, 3.8) is 0 Å². The van der Waals surface area contributed by atoms with Crippen LogP contribution in [0.5, 0.6) is 0 Å². The number of carbonyl (C=O) groups excluding carboxylic acids is 2. The van der Waals surface area contributed by atoms with Gasteiger partial charge in [0.2, 0.25) is 0 Å². The molecule has 0 amide bonds. The van der Waals surface area contributed by atoms with Crippen LogP contribution in [-0.2, 0) is 9.59 Å². The van der Waals surface area contributed by atoms with Crippen LogP contribution in [0.2, 0.25) is 0 Å². The van der Waals surface area contributed by atoms with Gasteiger partial charge in [0.1, 0.15) is 5.78 Å². The van der Waals surface area contributed by atoms with E-state index in [0.29, 0.717) is 24.5 Å². The fourth-order valence-corrected chi connectivity index (χ4v) is 5.38. The molecule has 0 unspecified atom stereocenters. The van der Waals surface area contributed by atoms with E-state index in [1.165, 1.54) is 5.57 Å². The molecule has 2 nitrogen and oxygen atoms in total. The molecular formula is C18H26O2. The van der Waals surface area contributed by atoms with Crippen LogP contribution in [0.3, 0.4) is 0 Å². The van der Waals surface area contributed by atoms with Gasteiger partial charge < -0.3 is 0 Å². The average molecular weight is 274 g/mol. The van der Waals surface area contributed by atoms with Crippen LogP contribution >= 0.6 is 0 Å². The molecule has 0 aromatic rings. The lowest BCUT2D eigenvalue weighted by molar-refractivity contribution is -0.141. The Morgan fingerprint density at radius 2 is 1.70 bits per heavy atom. The molecule has 20 heavy (non-hydrogen) atoms. The highest BCUT2D eigenvalue weighted by Crippen LogP contribution is 2.64. The van der Waals surface area contributed by atoms with Crippen molar-refractivity contribution >= 4 is 11.6 Å². The van der Waals surface area contributed by atoms with Gasteiger partial charge in [0.15, 0.2) is 5.78 Å². The minimum atomic E-state index is -0.240.